The molecule has 0 atom stereocenters. The normalized spacial score (nSPS) is 10.9. The molecule has 1 heterocycles. The molecule has 3 aromatic rings. The Morgan fingerprint density at radius 3 is 2.52 bits per heavy atom. The summed E-state index contributed by atoms with van der Waals surface area (Å²) in [7, 11) is 1.61. The molecule has 0 amide bonds. The van der Waals surface area contributed by atoms with Crippen LogP contribution >= 0.6 is 0 Å². The highest BCUT2D eigenvalue weighted by Gasteiger charge is 2.21. The van der Waals surface area contributed by atoms with Gasteiger partial charge in [0.2, 0.25) is 5.78 Å². The molecule has 0 saturated heterocycles. The first-order valence-corrected chi connectivity index (χ1v) is 7.93. The fourth-order valence-corrected chi connectivity index (χ4v) is 2.76. The summed E-state index contributed by atoms with van der Waals surface area (Å²) in [5.41, 5.74) is 2.40. The summed E-state index contributed by atoms with van der Waals surface area (Å²) in [6, 6.07) is 15.0. The predicted molar refractivity (Wildman–Crippen MR) is 91.3 cm³/mol. The molecule has 0 N–H and O–H groups in total. The van der Waals surface area contributed by atoms with Gasteiger partial charge in [-0.1, -0.05) is 31.5 Å². The smallest absolute Gasteiger partial charge is 0.228 e. The molecule has 1 aromatic heterocycles. The maximum absolute atomic E-state index is 12.9. The standard InChI is InChI=1S/C20H20O3/c1-3-4-7-17-16-8-5-6-9-18(16)23-20(17)19(21)14-10-12-15(22-2)13-11-14/h5-6,8-13H,3-4,7H2,1-2H3. The quantitative estimate of drug-likeness (QED) is 0.601. The third-order valence-electron chi connectivity index (χ3n) is 4.04. The maximum Gasteiger partial charge on any atom is 0.228 e. The lowest BCUT2D eigenvalue weighted by Gasteiger charge is -2.04. The number of ketones is 1. The van der Waals surface area contributed by atoms with E-state index in [0.717, 1.165) is 41.5 Å². The van der Waals surface area contributed by atoms with Crippen LogP contribution in [0.3, 0.4) is 0 Å². The highest BCUT2D eigenvalue weighted by Crippen LogP contribution is 2.29. The fraction of sp³-hybridized carbons (Fsp3) is 0.250. The van der Waals surface area contributed by atoms with Crippen LogP contribution in [0, 0.1) is 0 Å². The van der Waals surface area contributed by atoms with Crippen LogP contribution in [-0.2, 0) is 6.42 Å². The van der Waals surface area contributed by atoms with Gasteiger partial charge in [0.05, 0.1) is 7.11 Å². The minimum absolute atomic E-state index is 0.0741. The van der Waals surface area contributed by atoms with Gasteiger partial charge in [-0.15, -0.1) is 0 Å². The van der Waals surface area contributed by atoms with Crippen LogP contribution in [-0.4, -0.2) is 12.9 Å². The molecule has 0 spiro atoms. The van der Waals surface area contributed by atoms with Crippen LogP contribution in [0.2, 0.25) is 0 Å². The second-order valence-corrected chi connectivity index (χ2v) is 5.57. The van der Waals surface area contributed by atoms with Crippen molar-refractivity contribution in [3.63, 3.8) is 0 Å². The summed E-state index contributed by atoms with van der Waals surface area (Å²) >= 11 is 0. The van der Waals surface area contributed by atoms with Gasteiger partial charge in [-0.2, -0.15) is 0 Å². The van der Waals surface area contributed by atoms with Crippen molar-refractivity contribution in [3.05, 3.63) is 65.4 Å². The van der Waals surface area contributed by atoms with Crippen LogP contribution in [0.4, 0.5) is 0 Å². The number of benzene rings is 2. The summed E-state index contributed by atoms with van der Waals surface area (Å²) in [5, 5.41) is 1.04. The van der Waals surface area contributed by atoms with Crippen LogP contribution in [0.5, 0.6) is 5.75 Å². The van der Waals surface area contributed by atoms with Gasteiger partial charge in [0.15, 0.2) is 5.76 Å². The van der Waals surface area contributed by atoms with Crippen LogP contribution in [0.15, 0.2) is 52.9 Å². The van der Waals surface area contributed by atoms with E-state index in [-0.39, 0.29) is 5.78 Å². The van der Waals surface area contributed by atoms with Gasteiger partial charge in [-0.3, -0.25) is 4.79 Å². The number of para-hydroxylation sites is 1. The molecule has 0 aliphatic carbocycles. The van der Waals surface area contributed by atoms with Gasteiger partial charge in [0.1, 0.15) is 11.3 Å². The van der Waals surface area contributed by atoms with Gasteiger partial charge < -0.3 is 9.15 Å². The zero-order chi connectivity index (χ0) is 16.2. The van der Waals surface area contributed by atoms with E-state index in [1.165, 1.54) is 0 Å². The second-order valence-electron chi connectivity index (χ2n) is 5.57. The first-order valence-electron chi connectivity index (χ1n) is 7.93. The number of hydrogen-bond acceptors (Lipinski definition) is 3. The van der Waals surface area contributed by atoms with Crippen molar-refractivity contribution in [2.45, 2.75) is 26.2 Å². The van der Waals surface area contributed by atoms with Crippen LogP contribution in [0.25, 0.3) is 11.0 Å². The Kier molecular flexibility index (Phi) is 4.47. The van der Waals surface area contributed by atoms with Crippen molar-refractivity contribution in [1.29, 1.82) is 0 Å². The van der Waals surface area contributed by atoms with Crippen molar-refractivity contribution in [1.82, 2.24) is 0 Å². The number of unbranched alkanes of at least 4 members (excludes halogenated alkanes) is 1. The number of carbonyl (C=O) groups is 1. The van der Waals surface area contributed by atoms with Crippen molar-refractivity contribution < 1.29 is 13.9 Å². The summed E-state index contributed by atoms with van der Waals surface area (Å²) in [4.78, 5) is 12.9. The fourth-order valence-electron chi connectivity index (χ4n) is 2.76. The van der Waals surface area contributed by atoms with Gasteiger partial charge in [0, 0.05) is 16.5 Å². The first-order chi connectivity index (χ1) is 11.2. The molecule has 0 aliphatic rings. The van der Waals surface area contributed by atoms with Crippen molar-refractivity contribution in [3.8, 4) is 5.75 Å². The van der Waals surface area contributed by atoms with E-state index in [4.69, 9.17) is 9.15 Å². The Labute approximate surface area is 135 Å². The van der Waals surface area contributed by atoms with Crippen molar-refractivity contribution in [2.75, 3.05) is 7.11 Å². The first kappa shape index (κ1) is 15.3. The lowest BCUT2D eigenvalue weighted by Crippen LogP contribution is -2.03. The largest absolute Gasteiger partial charge is 0.497 e. The zero-order valence-electron chi connectivity index (χ0n) is 13.5. The van der Waals surface area contributed by atoms with E-state index >= 15 is 0 Å². The molecule has 2 aromatic carbocycles. The van der Waals surface area contributed by atoms with E-state index in [1.807, 2.05) is 24.3 Å². The van der Waals surface area contributed by atoms with E-state index in [0.29, 0.717) is 11.3 Å². The van der Waals surface area contributed by atoms with E-state index in [2.05, 4.69) is 6.92 Å². The molecule has 0 aliphatic heterocycles. The summed E-state index contributed by atoms with van der Waals surface area (Å²) < 4.78 is 11.0. The summed E-state index contributed by atoms with van der Waals surface area (Å²) in [6.07, 6.45) is 2.97. The molecule has 0 bridgehead atoms. The molecular formula is C20H20O3. The average Bonchev–Trinajstić information content (AvgIpc) is 2.98. The van der Waals surface area contributed by atoms with Crippen molar-refractivity contribution in [2.24, 2.45) is 0 Å². The molecule has 3 nitrogen and oxygen atoms in total. The van der Waals surface area contributed by atoms with E-state index in [9.17, 15) is 4.79 Å². The molecule has 23 heavy (non-hydrogen) atoms. The Morgan fingerprint density at radius 2 is 1.83 bits per heavy atom. The molecule has 0 radical (unpaired) electrons. The minimum Gasteiger partial charge on any atom is -0.497 e. The number of furan rings is 1. The SMILES string of the molecule is CCCCc1c(C(=O)c2ccc(OC)cc2)oc2ccccc12. The molecule has 0 fully saturated rings. The van der Waals surface area contributed by atoms with E-state index in [1.54, 1.807) is 31.4 Å². The van der Waals surface area contributed by atoms with Gasteiger partial charge >= 0.3 is 0 Å². The number of carbonyl (C=O) groups excluding carboxylic acids is 1. The third kappa shape index (κ3) is 3.00. The Bertz CT molecular complexity index is 813. The monoisotopic (exact) mass is 308 g/mol. The number of rotatable bonds is 6. The zero-order valence-corrected chi connectivity index (χ0v) is 13.5. The summed E-state index contributed by atoms with van der Waals surface area (Å²) in [5.74, 6) is 1.12. The molecule has 0 saturated carbocycles. The maximum atomic E-state index is 12.9. The number of ether oxygens (including phenoxy) is 1. The van der Waals surface area contributed by atoms with E-state index < -0.39 is 0 Å². The number of hydrogen-bond donors (Lipinski definition) is 0. The van der Waals surface area contributed by atoms with Crippen LogP contribution < -0.4 is 4.74 Å². The number of fused-ring (bicyclic) bond motifs is 1. The molecule has 3 rings (SSSR count). The molecule has 118 valence electrons. The van der Waals surface area contributed by atoms with Gasteiger partial charge in [-0.05, 0) is 43.2 Å². The highest BCUT2D eigenvalue weighted by molar-refractivity contribution is 6.10. The minimum atomic E-state index is -0.0741. The highest BCUT2D eigenvalue weighted by atomic mass is 16.5. The molecule has 0 unspecified atom stereocenters. The lowest BCUT2D eigenvalue weighted by molar-refractivity contribution is 0.101. The van der Waals surface area contributed by atoms with Gasteiger partial charge in [0.25, 0.3) is 0 Å². The lowest BCUT2D eigenvalue weighted by atomic mass is 10.00. The van der Waals surface area contributed by atoms with Crippen LogP contribution in [0.1, 0.15) is 41.4 Å². The Morgan fingerprint density at radius 1 is 1.09 bits per heavy atom. The summed E-state index contributed by atoms with van der Waals surface area (Å²) in [6.45, 7) is 2.15. The molecule has 3 heteroatoms. The van der Waals surface area contributed by atoms with Gasteiger partial charge in [-0.25, -0.2) is 0 Å². The number of methoxy groups -OCH3 is 1. The topological polar surface area (TPSA) is 39.4 Å². The van der Waals surface area contributed by atoms with Crippen molar-refractivity contribution >= 4 is 16.8 Å². The third-order valence-corrected chi connectivity index (χ3v) is 4.04. The number of aryl methyl sites for hydroxylation is 1. The second kappa shape index (κ2) is 6.69. The molecular weight excluding hydrogens is 288 g/mol. The predicted octanol–water partition coefficient (Wildman–Crippen LogP) is 5.02. The Balaban J connectivity index is 2.04. The Hall–Kier alpha value is -2.55. The average molecular weight is 308 g/mol.